The maximum absolute atomic E-state index is 12.4. The first-order valence-corrected chi connectivity index (χ1v) is 9.84. The Morgan fingerprint density at radius 3 is 2.56 bits per heavy atom. The Morgan fingerprint density at radius 2 is 1.85 bits per heavy atom. The van der Waals surface area contributed by atoms with E-state index in [-0.39, 0.29) is 11.8 Å². The number of ether oxygens (including phenoxy) is 1. The van der Waals surface area contributed by atoms with Crippen LogP contribution >= 0.6 is 0 Å². The molecule has 1 atom stereocenters. The van der Waals surface area contributed by atoms with Crippen molar-refractivity contribution in [2.75, 3.05) is 26.2 Å². The highest BCUT2D eigenvalue weighted by Gasteiger charge is 2.25. The number of hydrogen-bond donors (Lipinski definition) is 2. The summed E-state index contributed by atoms with van der Waals surface area (Å²) in [5.41, 5.74) is 0.789. The van der Waals surface area contributed by atoms with E-state index in [1.54, 1.807) is 0 Å². The summed E-state index contributed by atoms with van der Waals surface area (Å²) in [7, 11) is 0. The van der Waals surface area contributed by atoms with E-state index in [1.807, 2.05) is 26.8 Å². The molecule has 0 aromatic heterocycles. The molecule has 1 aromatic carbocycles. The molecule has 6 heteroatoms. The zero-order valence-corrected chi connectivity index (χ0v) is 16.8. The van der Waals surface area contributed by atoms with Gasteiger partial charge in [-0.3, -0.25) is 9.69 Å². The van der Waals surface area contributed by atoms with E-state index in [0.29, 0.717) is 19.5 Å². The molecule has 0 aliphatic carbocycles. The van der Waals surface area contributed by atoms with Gasteiger partial charge in [-0.2, -0.15) is 0 Å². The summed E-state index contributed by atoms with van der Waals surface area (Å²) in [6.45, 7) is 9.28. The van der Waals surface area contributed by atoms with Gasteiger partial charge in [0, 0.05) is 26.2 Å². The number of carbonyl (C=O) groups excluding carboxylic acids is 2. The van der Waals surface area contributed by atoms with Crippen LogP contribution in [0.1, 0.15) is 45.6 Å². The number of nitrogens with zero attached hydrogens (tertiary/aromatic N) is 1. The standard InChI is InChI=1S/C21H33N3O3/c1-21(2,3)27-20(26)23-13-8-12-22-19(25)18-11-7-14-24(16-18)15-17-9-5-4-6-10-17/h4-6,9-10,18H,7-8,11-16H2,1-3H3,(H,22,25)(H,23,26). The Morgan fingerprint density at radius 1 is 1.15 bits per heavy atom. The third-order valence-electron chi connectivity index (χ3n) is 4.45. The second kappa shape index (κ2) is 10.3. The Bertz CT molecular complexity index is 598. The van der Waals surface area contributed by atoms with Crippen LogP contribution in [0.3, 0.4) is 0 Å². The van der Waals surface area contributed by atoms with E-state index in [2.05, 4.69) is 39.8 Å². The van der Waals surface area contributed by atoms with Crippen molar-refractivity contribution in [2.45, 2.75) is 52.2 Å². The van der Waals surface area contributed by atoms with Crippen LogP contribution in [0, 0.1) is 5.92 Å². The Labute approximate surface area is 162 Å². The number of piperidine rings is 1. The van der Waals surface area contributed by atoms with Crippen molar-refractivity contribution >= 4 is 12.0 Å². The predicted molar refractivity (Wildman–Crippen MR) is 106 cm³/mol. The van der Waals surface area contributed by atoms with Crippen LogP contribution < -0.4 is 10.6 Å². The zero-order chi connectivity index (χ0) is 19.7. The average molecular weight is 376 g/mol. The molecule has 1 fully saturated rings. The highest BCUT2D eigenvalue weighted by Crippen LogP contribution is 2.18. The number of rotatable bonds is 7. The van der Waals surface area contributed by atoms with E-state index >= 15 is 0 Å². The van der Waals surface area contributed by atoms with Crippen LogP contribution in [0.15, 0.2) is 30.3 Å². The maximum atomic E-state index is 12.4. The van der Waals surface area contributed by atoms with Gasteiger partial charge in [0.05, 0.1) is 5.92 Å². The molecule has 2 N–H and O–H groups in total. The zero-order valence-electron chi connectivity index (χ0n) is 16.8. The number of hydrogen-bond acceptors (Lipinski definition) is 4. The van der Waals surface area contributed by atoms with Crippen molar-refractivity contribution in [3.8, 4) is 0 Å². The summed E-state index contributed by atoms with van der Waals surface area (Å²) in [4.78, 5) is 26.3. The fraction of sp³-hybridized carbons (Fsp3) is 0.619. The molecule has 0 saturated carbocycles. The molecule has 0 radical (unpaired) electrons. The first-order valence-electron chi connectivity index (χ1n) is 9.84. The molecule has 2 amide bonds. The number of alkyl carbamates (subject to hydrolysis) is 1. The van der Waals surface area contributed by atoms with E-state index in [9.17, 15) is 9.59 Å². The maximum Gasteiger partial charge on any atom is 0.407 e. The third kappa shape index (κ3) is 8.43. The van der Waals surface area contributed by atoms with Gasteiger partial charge < -0.3 is 15.4 Å². The summed E-state index contributed by atoms with van der Waals surface area (Å²) >= 11 is 0. The molecule has 6 nitrogen and oxygen atoms in total. The predicted octanol–water partition coefficient (Wildman–Crippen LogP) is 2.93. The van der Waals surface area contributed by atoms with Gasteiger partial charge in [0.25, 0.3) is 0 Å². The van der Waals surface area contributed by atoms with Gasteiger partial charge in [0.15, 0.2) is 0 Å². The van der Waals surface area contributed by atoms with E-state index < -0.39 is 11.7 Å². The van der Waals surface area contributed by atoms with Gasteiger partial charge >= 0.3 is 6.09 Å². The first-order chi connectivity index (χ1) is 12.8. The quantitative estimate of drug-likeness (QED) is 0.719. The van der Waals surface area contributed by atoms with Gasteiger partial charge in [-0.1, -0.05) is 30.3 Å². The smallest absolute Gasteiger partial charge is 0.407 e. The lowest BCUT2D eigenvalue weighted by Crippen LogP contribution is -2.43. The van der Waals surface area contributed by atoms with Gasteiger partial charge in [-0.15, -0.1) is 0 Å². The number of benzene rings is 1. The van der Waals surface area contributed by atoms with Gasteiger partial charge in [0.2, 0.25) is 5.91 Å². The van der Waals surface area contributed by atoms with Crippen LogP contribution in [0.5, 0.6) is 0 Å². The SMILES string of the molecule is CC(C)(C)OC(=O)NCCCNC(=O)C1CCCN(Cc2ccccc2)C1. The van der Waals surface area contributed by atoms with Crippen LogP contribution in [0.25, 0.3) is 0 Å². The molecule has 0 bridgehead atoms. The van der Waals surface area contributed by atoms with E-state index in [1.165, 1.54) is 5.56 Å². The Kier molecular flexibility index (Phi) is 8.10. The van der Waals surface area contributed by atoms with Crippen LogP contribution in [0.2, 0.25) is 0 Å². The topological polar surface area (TPSA) is 70.7 Å². The second-order valence-electron chi connectivity index (χ2n) is 8.13. The van der Waals surface area contributed by atoms with Crippen LogP contribution in [-0.2, 0) is 16.1 Å². The molecule has 1 aliphatic heterocycles. The number of likely N-dealkylation sites (tertiary alicyclic amines) is 1. The molecule has 27 heavy (non-hydrogen) atoms. The normalized spacial score (nSPS) is 18.0. The highest BCUT2D eigenvalue weighted by atomic mass is 16.6. The fourth-order valence-corrected chi connectivity index (χ4v) is 3.20. The summed E-state index contributed by atoms with van der Waals surface area (Å²) in [5, 5.41) is 5.71. The molecule has 1 aromatic rings. The average Bonchev–Trinajstić information content (AvgIpc) is 2.61. The second-order valence-corrected chi connectivity index (χ2v) is 8.13. The Balaban J connectivity index is 1.63. The molecule has 1 aliphatic rings. The van der Waals surface area contributed by atoms with Gasteiger partial charge in [-0.05, 0) is 52.1 Å². The molecule has 2 rings (SSSR count). The number of nitrogens with one attached hydrogen (secondary N) is 2. The van der Waals surface area contributed by atoms with Crippen molar-refractivity contribution in [2.24, 2.45) is 5.92 Å². The fourth-order valence-electron chi connectivity index (χ4n) is 3.20. The highest BCUT2D eigenvalue weighted by molar-refractivity contribution is 5.78. The van der Waals surface area contributed by atoms with Crippen LogP contribution in [-0.4, -0.2) is 48.7 Å². The number of carbonyl (C=O) groups is 2. The molecule has 1 unspecified atom stereocenters. The minimum Gasteiger partial charge on any atom is -0.444 e. The number of amides is 2. The third-order valence-corrected chi connectivity index (χ3v) is 4.45. The van der Waals surface area contributed by atoms with Gasteiger partial charge in [-0.25, -0.2) is 4.79 Å². The largest absolute Gasteiger partial charge is 0.444 e. The molecule has 0 spiro atoms. The minimum atomic E-state index is -0.495. The lowest BCUT2D eigenvalue weighted by molar-refractivity contribution is -0.126. The van der Waals surface area contributed by atoms with Crippen molar-refractivity contribution in [1.82, 2.24) is 15.5 Å². The summed E-state index contributed by atoms with van der Waals surface area (Å²) in [6, 6.07) is 10.4. The van der Waals surface area contributed by atoms with Gasteiger partial charge in [0.1, 0.15) is 5.60 Å². The molecule has 1 heterocycles. The Hall–Kier alpha value is -2.08. The summed E-state index contributed by atoms with van der Waals surface area (Å²) in [5.74, 6) is 0.159. The lowest BCUT2D eigenvalue weighted by Gasteiger charge is -2.32. The van der Waals surface area contributed by atoms with E-state index in [4.69, 9.17) is 4.74 Å². The molecule has 1 saturated heterocycles. The van der Waals surface area contributed by atoms with Crippen molar-refractivity contribution < 1.29 is 14.3 Å². The van der Waals surface area contributed by atoms with Crippen molar-refractivity contribution in [1.29, 1.82) is 0 Å². The first kappa shape index (κ1) is 21.2. The lowest BCUT2D eigenvalue weighted by atomic mass is 9.96. The van der Waals surface area contributed by atoms with Crippen LogP contribution in [0.4, 0.5) is 4.79 Å². The molecular weight excluding hydrogens is 342 g/mol. The molecule has 150 valence electrons. The van der Waals surface area contributed by atoms with Crippen molar-refractivity contribution in [3.63, 3.8) is 0 Å². The van der Waals surface area contributed by atoms with Crippen molar-refractivity contribution in [3.05, 3.63) is 35.9 Å². The molecular formula is C21H33N3O3. The minimum absolute atomic E-state index is 0.0428. The monoisotopic (exact) mass is 375 g/mol. The summed E-state index contributed by atoms with van der Waals surface area (Å²) < 4.78 is 5.18. The summed E-state index contributed by atoms with van der Waals surface area (Å²) in [6.07, 6.45) is 2.25. The van der Waals surface area contributed by atoms with E-state index in [0.717, 1.165) is 32.5 Å².